The average molecular weight is 305 g/mol. The zero-order valence-corrected chi connectivity index (χ0v) is 13.1. The van der Waals surface area contributed by atoms with Gasteiger partial charge in [0.05, 0.1) is 30.2 Å². The van der Waals surface area contributed by atoms with Crippen molar-refractivity contribution < 1.29 is 19.1 Å². The zero-order valence-electron chi connectivity index (χ0n) is 13.1. The Morgan fingerprint density at radius 1 is 1.23 bits per heavy atom. The molecule has 2 N–H and O–H groups in total. The van der Waals surface area contributed by atoms with Gasteiger partial charge < -0.3 is 19.8 Å². The summed E-state index contributed by atoms with van der Waals surface area (Å²) in [5.74, 6) is -0.980. The van der Waals surface area contributed by atoms with E-state index < -0.39 is 11.9 Å². The van der Waals surface area contributed by atoms with Crippen LogP contribution in [0.1, 0.15) is 40.4 Å². The molecule has 2 aromatic heterocycles. The van der Waals surface area contributed by atoms with Crippen LogP contribution in [0.5, 0.6) is 0 Å². The highest BCUT2D eigenvalue weighted by Gasteiger charge is 2.23. The maximum atomic E-state index is 12.0. The molecule has 0 spiro atoms. The molecule has 0 bridgehead atoms. The van der Waals surface area contributed by atoms with Crippen LogP contribution in [0.3, 0.4) is 0 Å². The number of hydrogen-bond donors (Lipinski definition) is 1. The Morgan fingerprint density at radius 2 is 1.82 bits per heavy atom. The van der Waals surface area contributed by atoms with E-state index in [-0.39, 0.29) is 24.6 Å². The van der Waals surface area contributed by atoms with E-state index in [1.807, 2.05) is 0 Å². The number of fused-ring (bicyclic) bond motifs is 1. The van der Waals surface area contributed by atoms with Crippen molar-refractivity contribution in [2.45, 2.75) is 20.8 Å². The highest BCUT2D eigenvalue weighted by Crippen LogP contribution is 2.29. The number of aromatic nitrogens is 2. The van der Waals surface area contributed by atoms with Gasteiger partial charge >= 0.3 is 11.9 Å². The van der Waals surface area contributed by atoms with Crippen LogP contribution in [-0.2, 0) is 16.5 Å². The van der Waals surface area contributed by atoms with Crippen molar-refractivity contribution in [1.29, 1.82) is 0 Å². The molecule has 7 nitrogen and oxygen atoms in total. The number of nitrogens with two attached hydrogens (primary N) is 1. The van der Waals surface area contributed by atoms with E-state index in [0.29, 0.717) is 22.3 Å². The number of rotatable bonds is 4. The minimum Gasteiger partial charge on any atom is -0.462 e. The van der Waals surface area contributed by atoms with Crippen LogP contribution in [0.25, 0.3) is 11.0 Å². The zero-order chi connectivity index (χ0) is 16.4. The molecule has 0 aromatic carbocycles. The lowest BCUT2D eigenvalue weighted by molar-refractivity contribution is 0.0510. The number of pyridine rings is 1. The van der Waals surface area contributed by atoms with Gasteiger partial charge in [-0.2, -0.15) is 0 Å². The maximum Gasteiger partial charge on any atom is 0.357 e. The molecule has 0 aliphatic carbocycles. The number of carbonyl (C=O) groups is 2. The van der Waals surface area contributed by atoms with E-state index >= 15 is 0 Å². The Balaban J connectivity index is 2.65. The molecule has 2 aromatic rings. The third-order valence-corrected chi connectivity index (χ3v) is 3.36. The van der Waals surface area contributed by atoms with Crippen molar-refractivity contribution in [2.75, 3.05) is 18.9 Å². The second-order valence-electron chi connectivity index (χ2n) is 4.75. The molecule has 0 aliphatic heterocycles. The molecule has 2 rings (SSSR count). The van der Waals surface area contributed by atoms with E-state index in [4.69, 9.17) is 15.2 Å². The standard InChI is InChI=1S/C15H19N3O4/c1-5-21-14(19)9-7-10-11(16)12(15(20)22-6-2)18(4)13(10)17-8(9)3/h7H,5-6,16H2,1-4H3. The van der Waals surface area contributed by atoms with Crippen molar-refractivity contribution in [3.05, 3.63) is 23.0 Å². The Morgan fingerprint density at radius 3 is 2.41 bits per heavy atom. The van der Waals surface area contributed by atoms with Crippen molar-refractivity contribution in [2.24, 2.45) is 7.05 Å². The van der Waals surface area contributed by atoms with E-state index in [9.17, 15) is 9.59 Å². The van der Waals surface area contributed by atoms with Gasteiger partial charge in [0.1, 0.15) is 5.65 Å². The Bertz CT molecular complexity index is 749. The second kappa shape index (κ2) is 6.05. The van der Waals surface area contributed by atoms with Crippen LogP contribution in [-0.4, -0.2) is 34.7 Å². The summed E-state index contributed by atoms with van der Waals surface area (Å²) in [5.41, 5.74) is 7.89. The number of aryl methyl sites for hydroxylation is 2. The minimum atomic E-state index is -0.518. The molecule has 0 radical (unpaired) electrons. The van der Waals surface area contributed by atoms with Gasteiger partial charge in [-0.05, 0) is 26.8 Å². The molecule has 118 valence electrons. The van der Waals surface area contributed by atoms with Gasteiger partial charge in [-0.1, -0.05) is 0 Å². The van der Waals surface area contributed by atoms with Gasteiger partial charge in [0, 0.05) is 12.4 Å². The van der Waals surface area contributed by atoms with Gasteiger partial charge in [0.2, 0.25) is 0 Å². The first-order valence-electron chi connectivity index (χ1n) is 7.02. The summed E-state index contributed by atoms with van der Waals surface area (Å²) in [6.07, 6.45) is 0. The molecular weight excluding hydrogens is 286 g/mol. The fourth-order valence-corrected chi connectivity index (χ4v) is 2.32. The summed E-state index contributed by atoms with van der Waals surface area (Å²) < 4.78 is 11.6. The first-order chi connectivity index (χ1) is 10.4. The van der Waals surface area contributed by atoms with Gasteiger partial charge in [-0.15, -0.1) is 0 Å². The molecular formula is C15H19N3O4. The van der Waals surface area contributed by atoms with Crippen LogP contribution < -0.4 is 5.73 Å². The number of nitrogens with zero attached hydrogens (tertiary/aromatic N) is 2. The van der Waals surface area contributed by atoms with Crippen LogP contribution in [0.2, 0.25) is 0 Å². The molecule has 0 saturated carbocycles. The second-order valence-corrected chi connectivity index (χ2v) is 4.75. The highest BCUT2D eigenvalue weighted by atomic mass is 16.5. The van der Waals surface area contributed by atoms with E-state index in [2.05, 4.69) is 4.98 Å². The molecule has 0 saturated heterocycles. The first-order valence-corrected chi connectivity index (χ1v) is 7.02. The molecule has 7 heteroatoms. The SMILES string of the molecule is CCOC(=O)c1cc2c(N)c(C(=O)OCC)n(C)c2nc1C. The molecule has 0 aliphatic rings. The molecule has 2 heterocycles. The summed E-state index contributed by atoms with van der Waals surface area (Å²) in [6.45, 7) is 5.68. The number of carbonyl (C=O) groups excluding carboxylic acids is 2. The van der Waals surface area contributed by atoms with Gasteiger partial charge in [-0.25, -0.2) is 14.6 Å². The summed E-state index contributed by atoms with van der Waals surface area (Å²) in [5, 5.41) is 0.527. The van der Waals surface area contributed by atoms with E-state index in [1.165, 1.54) is 0 Å². The van der Waals surface area contributed by atoms with Gasteiger partial charge in [0.15, 0.2) is 5.69 Å². The third kappa shape index (κ3) is 2.49. The molecule has 0 unspecified atom stereocenters. The summed E-state index contributed by atoms with van der Waals surface area (Å²) in [6, 6.07) is 1.60. The first kappa shape index (κ1) is 15.8. The monoisotopic (exact) mass is 305 g/mol. The predicted molar refractivity (Wildman–Crippen MR) is 81.8 cm³/mol. The quantitative estimate of drug-likeness (QED) is 0.865. The van der Waals surface area contributed by atoms with Crippen LogP contribution in [0.4, 0.5) is 5.69 Å². The Labute approximate surface area is 128 Å². The topological polar surface area (TPSA) is 96.4 Å². The summed E-state index contributed by atoms with van der Waals surface area (Å²) in [4.78, 5) is 28.3. The lowest BCUT2D eigenvalue weighted by Crippen LogP contribution is -2.12. The van der Waals surface area contributed by atoms with Crippen LogP contribution >= 0.6 is 0 Å². The number of ether oxygens (including phenoxy) is 2. The number of anilines is 1. The number of esters is 2. The maximum absolute atomic E-state index is 12.0. The Hall–Kier alpha value is -2.57. The predicted octanol–water partition coefficient (Wildman–Crippen LogP) is 1.82. The fourth-order valence-electron chi connectivity index (χ4n) is 2.32. The Kier molecular flexibility index (Phi) is 4.35. The molecule has 0 atom stereocenters. The van der Waals surface area contributed by atoms with E-state index in [1.54, 1.807) is 38.5 Å². The molecule has 22 heavy (non-hydrogen) atoms. The fraction of sp³-hybridized carbons (Fsp3) is 0.400. The lowest BCUT2D eigenvalue weighted by Gasteiger charge is -2.06. The summed E-state index contributed by atoms with van der Waals surface area (Å²) in [7, 11) is 1.68. The lowest BCUT2D eigenvalue weighted by atomic mass is 10.1. The smallest absolute Gasteiger partial charge is 0.357 e. The average Bonchev–Trinajstić information content (AvgIpc) is 2.70. The normalized spacial score (nSPS) is 10.7. The molecule has 0 amide bonds. The molecule has 0 fully saturated rings. The number of hydrogen-bond acceptors (Lipinski definition) is 6. The highest BCUT2D eigenvalue weighted by molar-refractivity contribution is 6.07. The van der Waals surface area contributed by atoms with Crippen LogP contribution in [0.15, 0.2) is 6.07 Å². The largest absolute Gasteiger partial charge is 0.462 e. The van der Waals surface area contributed by atoms with Crippen molar-refractivity contribution >= 4 is 28.7 Å². The minimum absolute atomic E-state index is 0.227. The third-order valence-electron chi connectivity index (χ3n) is 3.36. The van der Waals surface area contributed by atoms with Crippen molar-refractivity contribution in [3.63, 3.8) is 0 Å². The van der Waals surface area contributed by atoms with Crippen LogP contribution in [0, 0.1) is 6.92 Å². The van der Waals surface area contributed by atoms with Crippen molar-refractivity contribution in [3.8, 4) is 0 Å². The van der Waals surface area contributed by atoms with Gasteiger partial charge in [0.25, 0.3) is 0 Å². The van der Waals surface area contributed by atoms with E-state index in [0.717, 1.165) is 0 Å². The van der Waals surface area contributed by atoms with Crippen molar-refractivity contribution in [1.82, 2.24) is 9.55 Å². The van der Waals surface area contributed by atoms with Gasteiger partial charge in [-0.3, -0.25) is 0 Å². The number of nitrogen functional groups attached to an aromatic ring is 1. The summed E-state index contributed by atoms with van der Waals surface area (Å²) >= 11 is 0.